The molecular weight excluding hydrogens is 282 g/mol. The zero-order chi connectivity index (χ0) is 12.4. The smallest absolute Gasteiger partial charge is 0.0767 e. The number of aryl methyl sites for hydroxylation is 2. The molecular formula is C12H20BrN3O. The minimum atomic E-state index is -0.104. The first-order chi connectivity index (χ1) is 8.11. The number of aromatic nitrogens is 2. The van der Waals surface area contributed by atoms with Gasteiger partial charge in [-0.05, 0) is 35.2 Å². The molecule has 96 valence electrons. The summed E-state index contributed by atoms with van der Waals surface area (Å²) in [6.07, 6.45) is 2.62. The van der Waals surface area contributed by atoms with Gasteiger partial charge in [-0.2, -0.15) is 5.10 Å². The summed E-state index contributed by atoms with van der Waals surface area (Å²) >= 11 is 3.64. The third-order valence-electron chi connectivity index (χ3n) is 3.43. The molecule has 0 aliphatic carbocycles. The van der Waals surface area contributed by atoms with E-state index in [1.54, 1.807) is 0 Å². The van der Waals surface area contributed by atoms with Crippen molar-refractivity contribution in [3.63, 3.8) is 0 Å². The van der Waals surface area contributed by atoms with Gasteiger partial charge in [0.15, 0.2) is 0 Å². The molecule has 0 radical (unpaired) electrons. The monoisotopic (exact) mass is 301 g/mol. The predicted octanol–water partition coefficient (Wildman–Crippen LogP) is 1.70. The molecule has 0 bridgehead atoms. The van der Waals surface area contributed by atoms with Crippen molar-refractivity contribution in [1.82, 2.24) is 14.7 Å². The highest BCUT2D eigenvalue weighted by Crippen LogP contribution is 2.24. The van der Waals surface area contributed by atoms with Gasteiger partial charge in [-0.25, -0.2) is 0 Å². The molecule has 1 aromatic heterocycles. The number of piperidine rings is 1. The summed E-state index contributed by atoms with van der Waals surface area (Å²) in [7, 11) is 2.00. The van der Waals surface area contributed by atoms with Gasteiger partial charge in [0, 0.05) is 26.7 Å². The lowest BCUT2D eigenvalue weighted by Crippen LogP contribution is -2.35. The van der Waals surface area contributed by atoms with E-state index >= 15 is 0 Å². The Balaban J connectivity index is 2.05. The summed E-state index contributed by atoms with van der Waals surface area (Å²) < 4.78 is 3.11. The van der Waals surface area contributed by atoms with Crippen molar-refractivity contribution in [2.24, 2.45) is 7.05 Å². The molecule has 0 atom stereocenters. The first kappa shape index (κ1) is 13.1. The summed E-state index contributed by atoms with van der Waals surface area (Å²) in [4.78, 5) is 2.38. The molecule has 4 nitrogen and oxygen atoms in total. The SMILES string of the molecule is CCc1nn(C)c(CN2CCC(O)CC2)c1Br. The van der Waals surface area contributed by atoms with Crippen molar-refractivity contribution in [3.05, 3.63) is 15.9 Å². The topological polar surface area (TPSA) is 41.3 Å². The Bertz CT molecular complexity index is 383. The number of nitrogens with zero attached hydrogens (tertiary/aromatic N) is 3. The van der Waals surface area contributed by atoms with E-state index in [-0.39, 0.29) is 6.10 Å². The van der Waals surface area contributed by atoms with E-state index in [9.17, 15) is 5.11 Å². The van der Waals surface area contributed by atoms with Crippen molar-refractivity contribution in [2.75, 3.05) is 13.1 Å². The zero-order valence-electron chi connectivity index (χ0n) is 10.5. The van der Waals surface area contributed by atoms with E-state index < -0.39 is 0 Å². The maximum atomic E-state index is 9.49. The minimum absolute atomic E-state index is 0.104. The molecule has 5 heteroatoms. The molecule has 1 aliphatic rings. The predicted molar refractivity (Wildman–Crippen MR) is 70.8 cm³/mol. The van der Waals surface area contributed by atoms with E-state index in [1.165, 1.54) is 5.69 Å². The van der Waals surface area contributed by atoms with Crippen LogP contribution in [0.2, 0.25) is 0 Å². The fraction of sp³-hybridized carbons (Fsp3) is 0.750. The third-order valence-corrected chi connectivity index (χ3v) is 4.35. The third kappa shape index (κ3) is 2.89. The molecule has 17 heavy (non-hydrogen) atoms. The van der Waals surface area contributed by atoms with Crippen LogP contribution in [-0.4, -0.2) is 39.0 Å². The molecule has 0 saturated carbocycles. The van der Waals surface area contributed by atoms with E-state index in [0.717, 1.165) is 49.1 Å². The molecule has 1 saturated heterocycles. The Labute approximate surface area is 111 Å². The van der Waals surface area contributed by atoms with Gasteiger partial charge < -0.3 is 5.11 Å². The van der Waals surface area contributed by atoms with Gasteiger partial charge >= 0.3 is 0 Å². The number of aliphatic hydroxyl groups excluding tert-OH is 1. The van der Waals surface area contributed by atoms with Crippen LogP contribution in [0.5, 0.6) is 0 Å². The number of hydrogen-bond donors (Lipinski definition) is 1. The fourth-order valence-electron chi connectivity index (χ4n) is 2.28. The zero-order valence-corrected chi connectivity index (χ0v) is 12.1. The Morgan fingerprint density at radius 3 is 2.59 bits per heavy atom. The number of hydrogen-bond acceptors (Lipinski definition) is 3. The van der Waals surface area contributed by atoms with Crippen molar-refractivity contribution < 1.29 is 5.11 Å². The van der Waals surface area contributed by atoms with Crippen LogP contribution >= 0.6 is 15.9 Å². The van der Waals surface area contributed by atoms with Crippen molar-refractivity contribution >= 4 is 15.9 Å². The summed E-state index contributed by atoms with van der Waals surface area (Å²) in [6.45, 7) is 4.98. The van der Waals surface area contributed by atoms with Crippen LogP contribution in [0.4, 0.5) is 0 Å². The van der Waals surface area contributed by atoms with Crippen molar-refractivity contribution in [1.29, 1.82) is 0 Å². The molecule has 2 heterocycles. The highest BCUT2D eigenvalue weighted by Gasteiger charge is 2.20. The number of likely N-dealkylation sites (tertiary alicyclic amines) is 1. The van der Waals surface area contributed by atoms with Gasteiger partial charge in [0.25, 0.3) is 0 Å². The molecule has 1 aliphatic heterocycles. The fourth-order valence-corrected chi connectivity index (χ4v) is 3.02. The van der Waals surface area contributed by atoms with E-state index in [4.69, 9.17) is 0 Å². The van der Waals surface area contributed by atoms with Crippen LogP contribution in [0.15, 0.2) is 4.47 Å². The molecule has 0 amide bonds. The van der Waals surface area contributed by atoms with Gasteiger partial charge in [0.05, 0.1) is 22.0 Å². The van der Waals surface area contributed by atoms with Gasteiger partial charge in [-0.1, -0.05) is 6.92 Å². The van der Waals surface area contributed by atoms with Gasteiger partial charge in [-0.3, -0.25) is 9.58 Å². The summed E-state index contributed by atoms with van der Waals surface area (Å²) in [5, 5.41) is 14.0. The van der Waals surface area contributed by atoms with E-state index in [2.05, 4.69) is 32.9 Å². The van der Waals surface area contributed by atoms with Crippen molar-refractivity contribution in [3.8, 4) is 0 Å². The van der Waals surface area contributed by atoms with E-state index in [1.807, 2.05) is 11.7 Å². The summed E-state index contributed by atoms with van der Waals surface area (Å²) in [6, 6.07) is 0. The first-order valence-corrected chi connectivity index (χ1v) is 7.01. The van der Waals surface area contributed by atoms with Crippen LogP contribution in [0.25, 0.3) is 0 Å². The summed E-state index contributed by atoms with van der Waals surface area (Å²) in [5.41, 5.74) is 2.36. The molecule has 1 N–H and O–H groups in total. The maximum absolute atomic E-state index is 9.49. The van der Waals surface area contributed by atoms with Crippen LogP contribution in [0.1, 0.15) is 31.2 Å². The van der Waals surface area contributed by atoms with Crippen LogP contribution in [-0.2, 0) is 20.0 Å². The van der Waals surface area contributed by atoms with Gasteiger partial charge in [0.2, 0.25) is 0 Å². The highest BCUT2D eigenvalue weighted by molar-refractivity contribution is 9.10. The molecule has 1 aromatic rings. The Morgan fingerprint density at radius 1 is 1.41 bits per heavy atom. The number of rotatable bonds is 3. The van der Waals surface area contributed by atoms with Crippen LogP contribution in [0, 0.1) is 0 Å². The highest BCUT2D eigenvalue weighted by atomic mass is 79.9. The molecule has 0 aromatic carbocycles. The second-order valence-electron chi connectivity index (χ2n) is 4.69. The molecule has 1 fully saturated rings. The average molecular weight is 302 g/mol. The Hall–Kier alpha value is -0.390. The molecule has 0 spiro atoms. The van der Waals surface area contributed by atoms with Crippen LogP contribution < -0.4 is 0 Å². The lowest BCUT2D eigenvalue weighted by atomic mass is 10.1. The molecule has 2 rings (SSSR count). The van der Waals surface area contributed by atoms with E-state index in [0.29, 0.717) is 0 Å². The Morgan fingerprint density at radius 2 is 2.06 bits per heavy atom. The van der Waals surface area contributed by atoms with Crippen LogP contribution in [0.3, 0.4) is 0 Å². The van der Waals surface area contributed by atoms with Gasteiger partial charge in [-0.15, -0.1) is 0 Å². The average Bonchev–Trinajstić information content (AvgIpc) is 2.59. The lowest BCUT2D eigenvalue weighted by Gasteiger charge is -2.29. The second kappa shape index (κ2) is 5.50. The Kier molecular flexibility index (Phi) is 4.22. The number of aliphatic hydroxyl groups is 1. The minimum Gasteiger partial charge on any atom is -0.393 e. The number of halogens is 1. The normalized spacial score (nSPS) is 18.8. The maximum Gasteiger partial charge on any atom is 0.0767 e. The first-order valence-electron chi connectivity index (χ1n) is 6.22. The standard InChI is InChI=1S/C12H20BrN3O/c1-3-10-12(13)11(15(2)14-10)8-16-6-4-9(17)5-7-16/h9,17H,3-8H2,1-2H3. The summed E-state index contributed by atoms with van der Waals surface area (Å²) in [5.74, 6) is 0. The second-order valence-corrected chi connectivity index (χ2v) is 5.48. The van der Waals surface area contributed by atoms with Crippen molar-refractivity contribution in [2.45, 2.75) is 38.8 Å². The molecule has 0 unspecified atom stereocenters. The quantitative estimate of drug-likeness (QED) is 0.924. The largest absolute Gasteiger partial charge is 0.393 e. The van der Waals surface area contributed by atoms with Gasteiger partial charge in [0.1, 0.15) is 0 Å². The lowest BCUT2D eigenvalue weighted by molar-refractivity contribution is 0.0780.